The van der Waals surface area contributed by atoms with Gasteiger partial charge in [-0.1, -0.05) is 39.0 Å². The Morgan fingerprint density at radius 3 is 2.40 bits per heavy atom. The molecule has 0 unspecified atom stereocenters. The number of halogens is 2. The minimum Gasteiger partial charge on any atom is -0.455 e. The van der Waals surface area contributed by atoms with Crippen LogP contribution in [0.4, 0.5) is 10.1 Å². The number of nitrogen functional groups attached to an aromatic ring is 1. The van der Waals surface area contributed by atoms with Gasteiger partial charge in [-0.15, -0.1) is 0 Å². The molecule has 20 heavy (non-hydrogen) atoms. The topological polar surface area (TPSA) is 35.2 Å². The third-order valence-corrected chi connectivity index (χ3v) is 3.79. The van der Waals surface area contributed by atoms with E-state index in [2.05, 4.69) is 20.8 Å². The number of anilines is 1. The minimum atomic E-state index is -0.331. The van der Waals surface area contributed by atoms with E-state index in [0.29, 0.717) is 20.8 Å². The second-order valence-corrected chi connectivity index (χ2v) is 6.81. The molecule has 2 aromatic carbocycles. The summed E-state index contributed by atoms with van der Waals surface area (Å²) in [6.07, 6.45) is 0. The molecule has 106 valence electrons. The predicted molar refractivity (Wildman–Crippen MR) is 88.7 cm³/mol. The molecule has 4 heteroatoms. The number of hydrogen-bond donors (Lipinski definition) is 1. The number of hydrogen-bond acceptors (Lipinski definition) is 2. The van der Waals surface area contributed by atoms with E-state index in [0.717, 1.165) is 5.56 Å². The van der Waals surface area contributed by atoms with Crippen LogP contribution in [0.5, 0.6) is 11.5 Å². The van der Waals surface area contributed by atoms with Crippen LogP contribution in [0.1, 0.15) is 26.3 Å². The largest absolute Gasteiger partial charge is 0.455 e. The average Bonchev–Trinajstić information content (AvgIpc) is 2.35. The Bertz CT molecular complexity index is 635. The first-order chi connectivity index (χ1) is 9.29. The maximum Gasteiger partial charge on any atom is 0.153 e. The van der Waals surface area contributed by atoms with E-state index < -0.39 is 0 Å². The van der Waals surface area contributed by atoms with Crippen molar-refractivity contribution in [3.63, 3.8) is 0 Å². The molecule has 0 bridgehead atoms. The van der Waals surface area contributed by atoms with Crippen LogP contribution in [-0.2, 0) is 5.41 Å². The monoisotopic (exact) mass is 385 g/mol. The molecule has 2 aromatic rings. The number of benzene rings is 2. The fourth-order valence-corrected chi connectivity index (χ4v) is 2.42. The van der Waals surface area contributed by atoms with Gasteiger partial charge in [0.1, 0.15) is 11.6 Å². The fraction of sp³-hybridized carbons (Fsp3) is 0.250. The molecule has 0 atom stereocenters. The van der Waals surface area contributed by atoms with Crippen LogP contribution in [-0.4, -0.2) is 0 Å². The number of nitrogens with two attached hydrogens (primary N) is 1. The maximum absolute atomic E-state index is 13.7. The molecule has 0 fully saturated rings. The smallest absolute Gasteiger partial charge is 0.153 e. The highest BCUT2D eigenvalue weighted by Crippen LogP contribution is 2.36. The average molecular weight is 385 g/mol. The summed E-state index contributed by atoms with van der Waals surface area (Å²) in [4.78, 5) is 0. The highest BCUT2D eigenvalue weighted by molar-refractivity contribution is 14.1. The molecule has 2 rings (SSSR count). The van der Waals surface area contributed by atoms with Crippen molar-refractivity contribution in [2.24, 2.45) is 0 Å². The van der Waals surface area contributed by atoms with Crippen molar-refractivity contribution in [1.29, 1.82) is 0 Å². The predicted octanol–water partition coefficient (Wildman–Crippen LogP) is 5.10. The lowest BCUT2D eigenvalue weighted by Gasteiger charge is -2.23. The lowest BCUT2D eigenvalue weighted by Crippen LogP contribution is -2.12. The molecule has 0 spiro atoms. The Hall–Kier alpha value is -1.30. The van der Waals surface area contributed by atoms with Crippen LogP contribution in [0.3, 0.4) is 0 Å². The molecular weight excluding hydrogens is 368 g/mol. The van der Waals surface area contributed by atoms with Gasteiger partial charge >= 0.3 is 0 Å². The van der Waals surface area contributed by atoms with E-state index in [9.17, 15) is 4.39 Å². The third kappa shape index (κ3) is 3.23. The molecule has 0 saturated carbocycles. The quantitative estimate of drug-likeness (QED) is 0.577. The molecule has 0 amide bonds. The van der Waals surface area contributed by atoms with Gasteiger partial charge in [0.25, 0.3) is 0 Å². The zero-order valence-electron chi connectivity index (χ0n) is 11.7. The summed E-state index contributed by atoms with van der Waals surface area (Å²) in [7, 11) is 0. The number of para-hydroxylation sites is 1. The van der Waals surface area contributed by atoms with Gasteiger partial charge < -0.3 is 10.5 Å². The fourth-order valence-electron chi connectivity index (χ4n) is 1.93. The molecule has 0 saturated heterocycles. The van der Waals surface area contributed by atoms with Gasteiger partial charge in [-0.3, -0.25) is 0 Å². The van der Waals surface area contributed by atoms with Crippen LogP contribution < -0.4 is 10.5 Å². The minimum absolute atomic E-state index is 0.0624. The van der Waals surface area contributed by atoms with Crippen molar-refractivity contribution in [2.45, 2.75) is 26.2 Å². The molecule has 2 nitrogen and oxygen atoms in total. The Labute approximate surface area is 132 Å². The molecular formula is C16H17FINO. The van der Waals surface area contributed by atoms with Crippen LogP contribution in [0.2, 0.25) is 0 Å². The van der Waals surface area contributed by atoms with Crippen molar-refractivity contribution in [2.75, 3.05) is 5.73 Å². The number of rotatable bonds is 2. The van der Waals surface area contributed by atoms with Gasteiger partial charge in [0.2, 0.25) is 0 Å². The first kappa shape index (κ1) is 15.1. The normalized spacial score (nSPS) is 11.4. The standard InChI is InChI=1S/C16H17FINO/c1-16(2,3)10-6-4-5-7-14(10)20-15-8-11(17)12(18)9-13(15)19/h4-9H,19H2,1-3H3. The van der Waals surface area contributed by atoms with Gasteiger partial charge in [-0.05, 0) is 40.1 Å². The van der Waals surface area contributed by atoms with Crippen molar-refractivity contribution in [1.82, 2.24) is 0 Å². The summed E-state index contributed by atoms with van der Waals surface area (Å²) < 4.78 is 20.0. The SMILES string of the molecule is CC(C)(C)c1ccccc1Oc1cc(F)c(I)cc1N. The molecule has 0 aliphatic carbocycles. The van der Waals surface area contributed by atoms with Gasteiger partial charge in [0.05, 0.1) is 9.26 Å². The molecule has 0 radical (unpaired) electrons. The lowest BCUT2D eigenvalue weighted by molar-refractivity contribution is 0.453. The van der Waals surface area contributed by atoms with Crippen LogP contribution in [0, 0.1) is 9.39 Å². The highest BCUT2D eigenvalue weighted by atomic mass is 127. The summed E-state index contributed by atoms with van der Waals surface area (Å²) in [5.41, 5.74) is 7.32. The maximum atomic E-state index is 13.7. The highest BCUT2D eigenvalue weighted by Gasteiger charge is 2.19. The van der Waals surface area contributed by atoms with E-state index in [1.54, 1.807) is 6.07 Å². The third-order valence-electron chi connectivity index (χ3n) is 2.97. The molecule has 0 aliphatic heterocycles. The van der Waals surface area contributed by atoms with E-state index >= 15 is 0 Å². The second-order valence-electron chi connectivity index (χ2n) is 5.65. The van der Waals surface area contributed by atoms with E-state index in [1.807, 2.05) is 46.9 Å². The van der Waals surface area contributed by atoms with Gasteiger partial charge in [-0.2, -0.15) is 0 Å². The Balaban J connectivity index is 2.43. The second kappa shape index (κ2) is 5.60. The zero-order valence-corrected chi connectivity index (χ0v) is 13.9. The van der Waals surface area contributed by atoms with E-state index in [1.165, 1.54) is 6.07 Å². The summed E-state index contributed by atoms with van der Waals surface area (Å²) >= 11 is 1.91. The lowest BCUT2D eigenvalue weighted by atomic mass is 9.86. The van der Waals surface area contributed by atoms with Crippen molar-refractivity contribution in [3.05, 3.63) is 51.3 Å². The van der Waals surface area contributed by atoms with E-state index in [-0.39, 0.29) is 11.2 Å². The molecule has 0 heterocycles. The van der Waals surface area contributed by atoms with Gasteiger partial charge in [0.15, 0.2) is 5.75 Å². The van der Waals surface area contributed by atoms with Gasteiger partial charge in [-0.25, -0.2) is 4.39 Å². The van der Waals surface area contributed by atoms with Crippen molar-refractivity contribution >= 4 is 28.3 Å². The first-order valence-electron chi connectivity index (χ1n) is 6.31. The summed E-state index contributed by atoms with van der Waals surface area (Å²) in [5, 5.41) is 0. The van der Waals surface area contributed by atoms with Crippen LogP contribution in [0.15, 0.2) is 36.4 Å². The molecule has 0 aromatic heterocycles. The number of ether oxygens (including phenoxy) is 1. The van der Waals surface area contributed by atoms with Crippen molar-refractivity contribution in [3.8, 4) is 11.5 Å². The Morgan fingerprint density at radius 2 is 1.75 bits per heavy atom. The van der Waals surface area contributed by atoms with Crippen LogP contribution in [0.25, 0.3) is 0 Å². The zero-order chi connectivity index (χ0) is 14.9. The molecule has 0 aliphatic rings. The van der Waals surface area contributed by atoms with Crippen LogP contribution >= 0.6 is 22.6 Å². The van der Waals surface area contributed by atoms with E-state index in [4.69, 9.17) is 10.5 Å². The Morgan fingerprint density at radius 1 is 1.10 bits per heavy atom. The Kier molecular flexibility index (Phi) is 4.22. The van der Waals surface area contributed by atoms with Gasteiger partial charge in [0, 0.05) is 11.6 Å². The summed E-state index contributed by atoms with van der Waals surface area (Å²) in [6, 6.07) is 10.6. The summed E-state index contributed by atoms with van der Waals surface area (Å²) in [5.74, 6) is 0.718. The summed E-state index contributed by atoms with van der Waals surface area (Å²) in [6.45, 7) is 6.31. The molecule has 2 N–H and O–H groups in total. The first-order valence-corrected chi connectivity index (χ1v) is 7.39. The van der Waals surface area contributed by atoms with Crippen molar-refractivity contribution < 1.29 is 9.13 Å².